The van der Waals surface area contributed by atoms with Crippen molar-refractivity contribution >= 4 is 41.8 Å². The molecule has 0 radical (unpaired) electrons. The molecule has 1 atom stereocenters. The average Bonchev–Trinajstić information content (AvgIpc) is 2.98. The van der Waals surface area contributed by atoms with E-state index < -0.39 is 0 Å². The van der Waals surface area contributed by atoms with Crippen molar-refractivity contribution in [1.82, 2.24) is 20.2 Å². The van der Waals surface area contributed by atoms with Crippen LogP contribution in [-0.4, -0.2) is 34.6 Å². The van der Waals surface area contributed by atoms with Crippen LogP contribution in [-0.2, 0) is 0 Å². The van der Waals surface area contributed by atoms with E-state index in [1.165, 1.54) is 0 Å². The van der Waals surface area contributed by atoms with Crippen LogP contribution in [0.4, 0.5) is 0 Å². The van der Waals surface area contributed by atoms with Gasteiger partial charge < -0.3 is 10.6 Å². The van der Waals surface area contributed by atoms with Gasteiger partial charge in [0.05, 0.1) is 11.0 Å². The van der Waals surface area contributed by atoms with E-state index in [1.807, 2.05) is 43.3 Å². The molecule has 2 heterocycles. The number of imidazole rings is 1. The Bertz CT molecular complexity index is 905. The summed E-state index contributed by atoms with van der Waals surface area (Å²) < 4.78 is 2.11. The second-order valence-corrected chi connectivity index (χ2v) is 6.55. The molecule has 1 aromatic heterocycles. The molecule has 7 heteroatoms. The number of hydrogen-bond donors (Lipinski definition) is 2. The SMILES string of the molecule is Cc1nc2cc(C(=O)NC3CCCNC3)ccc2n1-c1ccccc1.Cl.Cl. The molecule has 1 fully saturated rings. The van der Waals surface area contributed by atoms with Crippen LogP contribution in [0.25, 0.3) is 16.7 Å². The van der Waals surface area contributed by atoms with E-state index in [2.05, 4.69) is 32.3 Å². The fourth-order valence-electron chi connectivity index (χ4n) is 3.49. The zero-order chi connectivity index (χ0) is 17.2. The third-order valence-corrected chi connectivity index (χ3v) is 4.73. The van der Waals surface area contributed by atoms with Crippen LogP contribution in [0.2, 0.25) is 0 Å². The minimum Gasteiger partial charge on any atom is -0.348 e. The van der Waals surface area contributed by atoms with Gasteiger partial charge in [0.15, 0.2) is 0 Å². The van der Waals surface area contributed by atoms with Crippen molar-refractivity contribution in [3.05, 3.63) is 59.9 Å². The lowest BCUT2D eigenvalue weighted by atomic mass is 10.1. The third-order valence-electron chi connectivity index (χ3n) is 4.73. The van der Waals surface area contributed by atoms with Crippen molar-refractivity contribution in [2.24, 2.45) is 0 Å². The topological polar surface area (TPSA) is 59.0 Å². The summed E-state index contributed by atoms with van der Waals surface area (Å²) in [5.74, 6) is 0.887. The number of aryl methyl sites for hydroxylation is 1. The van der Waals surface area contributed by atoms with Gasteiger partial charge >= 0.3 is 0 Å². The van der Waals surface area contributed by atoms with Gasteiger partial charge in [0.25, 0.3) is 5.91 Å². The molecule has 1 saturated heterocycles. The number of para-hydroxylation sites is 1. The number of piperidine rings is 1. The summed E-state index contributed by atoms with van der Waals surface area (Å²) in [5.41, 5.74) is 3.60. The first-order valence-electron chi connectivity index (χ1n) is 8.78. The van der Waals surface area contributed by atoms with Crippen molar-refractivity contribution in [1.29, 1.82) is 0 Å². The van der Waals surface area contributed by atoms with Gasteiger partial charge in [-0.15, -0.1) is 24.8 Å². The van der Waals surface area contributed by atoms with E-state index in [0.29, 0.717) is 5.56 Å². The first-order valence-corrected chi connectivity index (χ1v) is 8.78. The summed E-state index contributed by atoms with van der Waals surface area (Å²) in [6.45, 7) is 3.87. The largest absolute Gasteiger partial charge is 0.348 e. The molecular weight excluding hydrogens is 383 g/mol. The van der Waals surface area contributed by atoms with E-state index in [-0.39, 0.29) is 36.8 Å². The van der Waals surface area contributed by atoms with Crippen LogP contribution >= 0.6 is 24.8 Å². The molecule has 0 spiro atoms. The van der Waals surface area contributed by atoms with Gasteiger partial charge in [-0.3, -0.25) is 9.36 Å². The Hall–Kier alpha value is -2.08. The fraction of sp³-hybridized carbons (Fsp3) is 0.300. The molecule has 1 unspecified atom stereocenters. The smallest absolute Gasteiger partial charge is 0.251 e. The van der Waals surface area contributed by atoms with Crippen molar-refractivity contribution in [2.45, 2.75) is 25.8 Å². The Morgan fingerprint density at radius 2 is 1.96 bits per heavy atom. The number of aromatic nitrogens is 2. The van der Waals surface area contributed by atoms with Crippen LogP contribution in [0.3, 0.4) is 0 Å². The molecule has 0 saturated carbocycles. The van der Waals surface area contributed by atoms with Gasteiger partial charge in [0.1, 0.15) is 5.82 Å². The van der Waals surface area contributed by atoms with Crippen LogP contribution in [0.1, 0.15) is 29.0 Å². The average molecular weight is 407 g/mol. The van der Waals surface area contributed by atoms with Crippen molar-refractivity contribution in [3.63, 3.8) is 0 Å². The summed E-state index contributed by atoms with van der Waals surface area (Å²) in [4.78, 5) is 17.2. The summed E-state index contributed by atoms with van der Waals surface area (Å²) in [5, 5.41) is 6.44. The predicted molar refractivity (Wildman–Crippen MR) is 114 cm³/mol. The van der Waals surface area contributed by atoms with E-state index in [0.717, 1.165) is 48.5 Å². The molecule has 3 aromatic rings. The van der Waals surface area contributed by atoms with Crippen LogP contribution in [0.15, 0.2) is 48.5 Å². The van der Waals surface area contributed by atoms with Crippen molar-refractivity contribution < 1.29 is 4.79 Å². The Morgan fingerprint density at radius 1 is 1.19 bits per heavy atom. The zero-order valence-electron chi connectivity index (χ0n) is 15.1. The van der Waals surface area contributed by atoms with Crippen LogP contribution < -0.4 is 10.6 Å². The summed E-state index contributed by atoms with van der Waals surface area (Å²) in [6.07, 6.45) is 2.13. The molecule has 0 aliphatic carbocycles. The summed E-state index contributed by atoms with van der Waals surface area (Å²) >= 11 is 0. The monoisotopic (exact) mass is 406 g/mol. The lowest BCUT2D eigenvalue weighted by Gasteiger charge is -2.23. The van der Waals surface area contributed by atoms with Crippen LogP contribution in [0.5, 0.6) is 0 Å². The highest BCUT2D eigenvalue weighted by molar-refractivity contribution is 5.97. The predicted octanol–water partition coefficient (Wildman–Crippen LogP) is 3.66. The molecule has 2 N–H and O–H groups in total. The second kappa shape index (κ2) is 9.22. The Morgan fingerprint density at radius 3 is 2.67 bits per heavy atom. The minimum atomic E-state index is -0.0254. The molecular formula is C20H24Cl2N4O. The van der Waals surface area contributed by atoms with Gasteiger partial charge in [-0.05, 0) is 56.6 Å². The van der Waals surface area contributed by atoms with E-state index in [1.54, 1.807) is 0 Å². The molecule has 2 aromatic carbocycles. The first-order chi connectivity index (χ1) is 12.2. The van der Waals surface area contributed by atoms with Gasteiger partial charge in [-0.25, -0.2) is 4.98 Å². The number of benzene rings is 2. The second-order valence-electron chi connectivity index (χ2n) is 6.55. The number of carbonyl (C=O) groups is 1. The number of carbonyl (C=O) groups excluding carboxylic acids is 1. The quantitative estimate of drug-likeness (QED) is 0.697. The Kier molecular flexibility index (Phi) is 7.25. The highest BCUT2D eigenvalue weighted by Gasteiger charge is 2.17. The Balaban J connectivity index is 0.00000131. The molecule has 0 bridgehead atoms. The number of hydrogen-bond acceptors (Lipinski definition) is 3. The summed E-state index contributed by atoms with van der Waals surface area (Å²) in [6, 6.07) is 16.1. The highest BCUT2D eigenvalue weighted by Crippen LogP contribution is 2.22. The number of nitrogens with one attached hydrogen (secondary N) is 2. The standard InChI is InChI=1S/C20H22N4O.2ClH/c1-14-22-18-12-15(20(25)23-16-6-5-11-21-13-16)9-10-19(18)24(14)17-7-3-2-4-8-17;;/h2-4,7-10,12,16,21H,5-6,11,13H2,1H3,(H,23,25);2*1H. The van der Waals surface area contributed by atoms with Gasteiger partial charge in [0, 0.05) is 23.8 Å². The number of rotatable bonds is 3. The molecule has 4 rings (SSSR count). The van der Waals surface area contributed by atoms with E-state index >= 15 is 0 Å². The molecule has 1 aliphatic rings. The number of amides is 1. The molecule has 5 nitrogen and oxygen atoms in total. The normalized spacial score (nSPS) is 16.3. The number of fused-ring (bicyclic) bond motifs is 1. The van der Waals surface area contributed by atoms with Crippen molar-refractivity contribution in [3.8, 4) is 5.69 Å². The van der Waals surface area contributed by atoms with Gasteiger partial charge in [-0.2, -0.15) is 0 Å². The Labute approximate surface area is 171 Å². The number of nitrogens with zero attached hydrogens (tertiary/aromatic N) is 2. The maximum Gasteiger partial charge on any atom is 0.251 e. The molecule has 144 valence electrons. The van der Waals surface area contributed by atoms with E-state index in [4.69, 9.17) is 0 Å². The fourth-order valence-corrected chi connectivity index (χ4v) is 3.49. The van der Waals surface area contributed by atoms with Gasteiger partial charge in [0.2, 0.25) is 0 Å². The lowest BCUT2D eigenvalue weighted by Crippen LogP contribution is -2.45. The highest BCUT2D eigenvalue weighted by atomic mass is 35.5. The van der Waals surface area contributed by atoms with Crippen molar-refractivity contribution in [2.75, 3.05) is 13.1 Å². The lowest BCUT2D eigenvalue weighted by molar-refractivity contribution is 0.0931. The number of halogens is 2. The summed E-state index contributed by atoms with van der Waals surface area (Å²) in [7, 11) is 0. The first kappa shape index (κ1) is 21.2. The zero-order valence-corrected chi connectivity index (χ0v) is 16.8. The third kappa shape index (κ3) is 4.43. The maximum absolute atomic E-state index is 12.5. The van der Waals surface area contributed by atoms with Crippen LogP contribution in [0, 0.1) is 6.92 Å². The molecule has 1 aliphatic heterocycles. The van der Waals surface area contributed by atoms with E-state index in [9.17, 15) is 4.79 Å². The minimum absolute atomic E-state index is 0. The molecule has 27 heavy (non-hydrogen) atoms. The maximum atomic E-state index is 12.5. The van der Waals surface area contributed by atoms with Gasteiger partial charge in [-0.1, -0.05) is 18.2 Å². The molecule has 1 amide bonds.